The van der Waals surface area contributed by atoms with Gasteiger partial charge in [-0.1, -0.05) is 133 Å². The van der Waals surface area contributed by atoms with Crippen LogP contribution in [0.5, 0.6) is 0 Å². The highest BCUT2D eigenvalue weighted by Gasteiger charge is 2.19. The Morgan fingerprint density at radius 3 is 1.77 bits per heavy atom. The van der Waals surface area contributed by atoms with Gasteiger partial charge in [0.2, 0.25) is 0 Å². The molecule has 0 fully saturated rings. The van der Waals surface area contributed by atoms with Gasteiger partial charge in [-0.05, 0) is 98.4 Å². The van der Waals surface area contributed by atoms with E-state index in [0.717, 1.165) is 11.4 Å². The van der Waals surface area contributed by atoms with Crippen molar-refractivity contribution in [1.29, 1.82) is 0 Å². The lowest BCUT2D eigenvalue weighted by Crippen LogP contribution is -2.10. The number of hydrogen-bond donors (Lipinski definition) is 0. The molecule has 11 rings (SSSR count). The molecule has 0 saturated heterocycles. The molecule has 248 valence electrons. The van der Waals surface area contributed by atoms with E-state index >= 15 is 0 Å². The lowest BCUT2D eigenvalue weighted by Gasteiger charge is -2.26. The molecule has 0 saturated carbocycles. The largest absolute Gasteiger partial charge is 0.309 e. The van der Waals surface area contributed by atoms with Crippen molar-refractivity contribution in [2.45, 2.75) is 0 Å². The van der Waals surface area contributed by atoms with E-state index in [9.17, 15) is 0 Å². The first-order valence-corrected chi connectivity index (χ1v) is 19.6. The standard InChI is InChI=1S/C50H31NS2/c1-2-11-39-33(9-1)10-7-14-40(39)34-21-27-38(28-22-34)51(45-16-8-15-43-42-12-3-5-17-46(42)53-50(43)45)37-25-19-32(20-26-37)35-23-29-41-36(31-35)24-30-48-49(41)44-13-4-6-18-47(44)52-48/h1-31H. The number of fused-ring (bicyclic) bond motifs is 9. The van der Waals surface area contributed by atoms with Crippen LogP contribution in [-0.4, -0.2) is 0 Å². The molecule has 0 atom stereocenters. The van der Waals surface area contributed by atoms with Crippen molar-refractivity contribution in [3.05, 3.63) is 188 Å². The second-order valence-corrected chi connectivity index (χ2v) is 15.8. The summed E-state index contributed by atoms with van der Waals surface area (Å²) < 4.78 is 5.28. The highest BCUT2D eigenvalue weighted by atomic mass is 32.1. The molecule has 53 heavy (non-hydrogen) atoms. The van der Waals surface area contributed by atoms with Crippen molar-refractivity contribution >= 4 is 102 Å². The van der Waals surface area contributed by atoms with E-state index in [1.807, 2.05) is 22.7 Å². The molecule has 9 aromatic carbocycles. The van der Waals surface area contributed by atoms with Gasteiger partial charge < -0.3 is 4.90 Å². The Morgan fingerprint density at radius 2 is 0.962 bits per heavy atom. The number of benzene rings is 9. The molecule has 0 aliphatic heterocycles. The zero-order valence-corrected chi connectivity index (χ0v) is 30.3. The van der Waals surface area contributed by atoms with Crippen molar-refractivity contribution in [2.24, 2.45) is 0 Å². The third-order valence-corrected chi connectivity index (χ3v) is 13.0. The van der Waals surface area contributed by atoms with E-state index in [2.05, 4.69) is 193 Å². The van der Waals surface area contributed by atoms with Gasteiger partial charge in [0.15, 0.2) is 0 Å². The second kappa shape index (κ2) is 12.2. The Bertz CT molecular complexity index is 3160. The average molecular weight is 710 g/mol. The van der Waals surface area contributed by atoms with Gasteiger partial charge in [0.1, 0.15) is 0 Å². The number of hydrogen-bond acceptors (Lipinski definition) is 3. The second-order valence-electron chi connectivity index (χ2n) is 13.7. The van der Waals surface area contributed by atoms with Crippen LogP contribution in [0.3, 0.4) is 0 Å². The fraction of sp³-hybridized carbons (Fsp3) is 0. The third-order valence-electron chi connectivity index (χ3n) is 10.7. The smallest absolute Gasteiger partial charge is 0.0640 e. The molecule has 3 heteroatoms. The molecular weight excluding hydrogens is 679 g/mol. The van der Waals surface area contributed by atoms with Crippen LogP contribution in [0.25, 0.3) is 84.1 Å². The van der Waals surface area contributed by atoms with Gasteiger partial charge in [0.05, 0.1) is 10.4 Å². The average Bonchev–Trinajstić information content (AvgIpc) is 3.80. The molecule has 1 nitrogen and oxygen atoms in total. The van der Waals surface area contributed by atoms with Gasteiger partial charge in [-0.3, -0.25) is 0 Å². The Hall–Kier alpha value is -6.26. The summed E-state index contributed by atoms with van der Waals surface area (Å²) in [6, 6.07) is 69.1. The van der Waals surface area contributed by atoms with Crippen molar-refractivity contribution in [3.8, 4) is 22.3 Å². The molecule has 0 aliphatic carbocycles. The van der Waals surface area contributed by atoms with Crippen LogP contribution in [0.2, 0.25) is 0 Å². The fourth-order valence-corrected chi connectivity index (χ4v) is 10.5. The van der Waals surface area contributed by atoms with E-state index in [-0.39, 0.29) is 0 Å². The molecule has 2 aromatic heterocycles. The minimum Gasteiger partial charge on any atom is -0.309 e. The Labute approximate surface area is 315 Å². The number of rotatable bonds is 5. The molecule has 0 amide bonds. The minimum atomic E-state index is 1.13. The third kappa shape index (κ3) is 4.97. The van der Waals surface area contributed by atoms with E-state index in [1.165, 1.54) is 89.8 Å². The molecule has 0 radical (unpaired) electrons. The SMILES string of the molecule is c1ccc2c(-c3ccc(N(c4ccc(-c5ccc6c(ccc7sc8ccccc8c76)c5)cc4)c4cccc5c4sc4ccccc45)cc3)cccc2c1. The van der Waals surface area contributed by atoms with Crippen LogP contribution in [0.1, 0.15) is 0 Å². The Kier molecular flexibility index (Phi) is 6.97. The fourth-order valence-electron chi connectivity index (χ4n) is 8.14. The molecule has 0 N–H and O–H groups in total. The first kappa shape index (κ1) is 30.4. The maximum Gasteiger partial charge on any atom is 0.0640 e. The monoisotopic (exact) mass is 709 g/mol. The van der Waals surface area contributed by atoms with Crippen molar-refractivity contribution in [2.75, 3.05) is 4.90 Å². The first-order chi connectivity index (χ1) is 26.3. The highest BCUT2D eigenvalue weighted by Crippen LogP contribution is 2.46. The summed E-state index contributed by atoms with van der Waals surface area (Å²) in [6.07, 6.45) is 0. The molecule has 11 aromatic rings. The summed E-state index contributed by atoms with van der Waals surface area (Å²) in [5, 5.41) is 10.4. The van der Waals surface area contributed by atoms with Crippen LogP contribution in [0.4, 0.5) is 17.1 Å². The quantitative estimate of drug-likeness (QED) is 0.172. The zero-order valence-electron chi connectivity index (χ0n) is 28.7. The van der Waals surface area contributed by atoms with Crippen molar-refractivity contribution < 1.29 is 0 Å². The minimum absolute atomic E-state index is 1.13. The molecular formula is C50H31NS2. The summed E-state index contributed by atoms with van der Waals surface area (Å²) >= 11 is 3.74. The van der Waals surface area contributed by atoms with E-state index in [1.54, 1.807) is 0 Å². The van der Waals surface area contributed by atoms with Gasteiger partial charge in [0.25, 0.3) is 0 Å². The van der Waals surface area contributed by atoms with Crippen LogP contribution in [0.15, 0.2) is 188 Å². The summed E-state index contributed by atoms with van der Waals surface area (Å²) in [5.41, 5.74) is 8.34. The molecule has 0 bridgehead atoms. The van der Waals surface area contributed by atoms with Crippen molar-refractivity contribution in [3.63, 3.8) is 0 Å². The van der Waals surface area contributed by atoms with Crippen LogP contribution < -0.4 is 4.90 Å². The van der Waals surface area contributed by atoms with Gasteiger partial charge in [-0.2, -0.15) is 0 Å². The summed E-state index contributed by atoms with van der Waals surface area (Å²) in [5.74, 6) is 0. The lowest BCUT2D eigenvalue weighted by atomic mass is 9.97. The number of thiophene rings is 2. The van der Waals surface area contributed by atoms with Gasteiger partial charge in [0, 0.05) is 47.0 Å². The van der Waals surface area contributed by atoms with E-state index < -0.39 is 0 Å². The lowest BCUT2D eigenvalue weighted by molar-refractivity contribution is 1.30. The van der Waals surface area contributed by atoms with E-state index in [0.29, 0.717) is 0 Å². The van der Waals surface area contributed by atoms with Gasteiger partial charge in [-0.15, -0.1) is 22.7 Å². The summed E-state index contributed by atoms with van der Waals surface area (Å²) in [4.78, 5) is 2.42. The van der Waals surface area contributed by atoms with Crippen molar-refractivity contribution in [1.82, 2.24) is 0 Å². The molecule has 2 heterocycles. The van der Waals surface area contributed by atoms with Gasteiger partial charge >= 0.3 is 0 Å². The number of nitrogens with zero attached hydrogens (tertiary/aromatic N) is 1. The topological polar surface area (TPSA) is 3.24 Å². The summed E-state index contributed by atoms with van der Waals surface area (Å²) in [7, 11) is 0. The van der Waals surface area contributed by atoms with Crippen LogP contribution in [0, 0.1) is 0 Å². The van der Waals surface area contributed by atoms with Gasteiger partial charge in [-0.25, -0.2) is 0 Å². The normalized spacial score (nSPS) is 11.8. The maximum atomic E-state index is 2.42. The molecule has 0 aliphatic rings. The maximum absolute atomic E-state index is 2.42. The van der Waals surface area contributed by atoms with Crippen LogP contribution >= 0.6 is 22.7 Å². The first-order valence-electron chi connectivity index (χ1n) is 18.0. The Morgan fingerprint density at radius 1 is 0.340 bits per heavy atom. The summed E-state index contributed by atoms with van der Waals surface area (Å²) in [6.45, 7) is 0. The highest BCUT2D eigenvalue weighted by molar-refractivity contribution is 7.26. The predicted octanol–water partition coefficient (Wildman–Crippen LogP) is 15.5. The Balaban J connectivity index is 1.03. The zero-order chi connectivity index (χ0) is 34.9. The van der Waals surface area contributed by atoms with Crippen LogP contribution in [-0.2, 0) is 0 Å². The molecule has 0 unspecified atom stereocenters. The molecule has 0 spiro atoms. The van der Waals surface area contributed by atoms with E-state index in [4.69, 9.17) is 0 Å². The number of anilines is 3. The predicted molar refractivity (Wildman–Crippen MR) is 233 cm³/mol.